The van der Waals surface area contributed by atoms with Crippen LogP contribution >= 0.6 is 0 Å². The minimum absolute atomic E-state index is 0.0480. The normalized spacial score (nSPS) is 12.3. The molecule has 61 heavy (non-hydrogen) atoms. The van der Waals surface area contributed by atoms with Gasteiger partial charge in [-0.15, -0.1) is 0 Å². The summed E-state index contributed by atoms with van der Waals surface area (Å²) in [6.45, 7) is 13.2. The van der Waals surface area contributed by atoms with E-state index in [0.29, 0.717) is 37.9 Å². The average Bonchev–Trinajstić information content (AvgIpc) is 3.49. The molecule has 10 nitrogen and oxygen atoms in total. The van der Waals surface area contributed by atoms with Crippen LogP contribution in [0.3, 0.4) is 0 Å². The molecule has 0 fully saturated rings. The number of esters is 3. The van der Waals surface area contributed by atoms with Crippen molar-refractivity contribution in [2.75, 3.05) is 33.2 Å². The van der Waals surface area contributed by atoms with Crippen molar-refractivity contribution in [3.8, 4) is 34.1 Å². The molecule has 0 unspecified atom stereocenters. The lowest BCUT2D eigenvalue weighted by atomic mass is 9.82. The summed E-state index contributed by atoms with van der Waals surface area (Å²) in [7, 11) is 0. The number of hydrogen-bond acceptors (Lipinski definition) is 10. The van der Waals surface area contributed by atoms with Crippen molar-refractivity contribution in [2.45, 2.75) is 70.6 Å². The Kier molecular flexibility index (Phi) is 17.8. The molecule has 1 aliphatic rings. The maximum Gasteiger partial charge on any atom is 0.336 e. The first-order chi connectivity index (χ1) is 29.7. The summed E-state index contributed by atoms with van der Waals surface area (Å²) in [5, 5.41) is 0. The Labute approximate surface area is 359 Å². The van der Waals surface area contributed by atoms with Gasteiger partial charge in [0, 0.05) is 23.6 Å². The molecule has 320 valence electrons. The summed E-state index contributed by atoms with van der Waals surface area (Å²) in [5.74, 6) is 1.50. The average molecular weight is 829 g/mol. The maximum absolute atomic E-state index is 12.8. The van der Waals surface area contributed by atoms with Crippen LogP contribution in [0.15, 0.2) is 123 Å². The molecule has 0 saturated heterocycles. The van der Waals surface area contributed by atoms with E-state index in [4.69, 9.17) is 33.2 Å². The van der Waals surface area contributed by atoms with Gasteiger partial charge in [0.1, 0.15) is 23.0 Å². The van der Waals surface area contributed by atoms with Crippen molar-refractivity contribution < 1.29 is 47.5 Å². The Morgan fingerprint density at radius 3 is 1.51 bits per heavy atom. The van der Waals surface area contributed by atoms with Crippen LogP contribution in [0.2, 0.25) is 0 Å². The van der Waals surface area contributed by atoms with Crippen molar-refractivity contribution in [3.63, 3.8) is 0 Å². The highest BCUT2D eigenvalue weighted by molar-refractivity contribution is 5.89. The first kappa shape index (κ1) is 45.5. The number of hydrogen-bond donors (Lipinski definition) is 0. The highest BCUT2D eigenvalue weighted by atomic mass is 16.7. The molecule has 4 aromatic carbocycles. The third-order valence-electron chi connectivity index (χ3n) is 10.1. The number of unbranched alkanes of at least 4 members (excludes halogenated alkanes) is 6. The quantitative estimate of drug-likeness (QED) is 0.0151. The summed E-state index contributed by atoms with van der Waals surface area (Å²) in [6.07, 6.45) is 16.4. The molecule has 5 rings (SSSR count). The molecule has 4 aromatic rings. The van der Waals surface area contributed by atoms with Crippen molar-refractivity contribution >= 4 is 30.1 Å². The zero-order valence-corrected chi connectivity index (χ0v) is 35.2. The van der Waals surface area contributed by atoms with Crippen molar-refractivity contribution in [3.05, 3.63) is 145 Å². The molecule has 0 atom stereocenters. The molecule has 0 aromatic heterocycles. The van der Waals surface area contributed by atoms with E-state index in [1.54, 1.807) is 12.3 Å². The number of carbonyl (C=O) groups is 3. The van der Waals surface area contributed by atoms with Crippen LogP contribution in [0.1, 0.15) is 87.5 Å². The van der Waals surface area contributed by atoms with Gasteiger partial charge in [-0.1, -0.05) is 63.4 Å². The standard InChI is InChI=1S/C51H56O10/c1-5-48(52)58-32-13-9-7-11-30-56-40-20-15-38(16-21-40)19-28-50(54)61-43-25-27-45-44-26-24-42(35-46(44)51(3,4)47(45)36-43)60-37-55-34-29-39-17-22-41(23-18-39)57-31-12-8-10-14-33-59-49(53)6-2/h5-6,15-29,34-36H,1-2,7-14,30-33,37H2,3-4H3. The smallest absolute Gasteiger partial charge is 0.336 e. The maximum atomic E-state index is 12.8. The van der Waals surface area contributed by atoms with E-state index in [1.807, 2.05) is 84.9 Å². The Hall–Kier alpha value is -6.55. The van der Waals surface area contributed by atoms with E-state index in [9.17, 15) is 14.4 Å². The minimum Gasteiger partial charge on any atom is -0.494 e. The van der Waals surface area contributed by atoms with Gasteiger partial charge < -0.3 is 33.2 Å². The first-order valence-corrected chi connectivity index (χ1v) is 20.8. The summed E-state index contributed by atoms with van der Waals surface area (Å²) in [5.41, 5.74) is 5.85. The molecular formula is C51H56O10. The first-order valence-electron chi connectivity index (χ1n) is 20.8. The highest BCUT2D eigenvalue weighted by Crippen LogP contribution is 2.50. The Bertz CT molecular complexity index is 2130. The summed E-state index contributed by atoms with van der Waals surface area (Å²) in [6, 6.07) is 27.1. The van der Waals surface area contributed by atoms with Gasteiger partial charge in [0.15, 0.2) is 0 Å². The second kappa shape index (κ2) is 23.9. The summed E-state index contributed by atoms with van der Waals surface area (Å²) >= 11 is 0. The molecule has 0 saturated carbocycles. The van der Waals surface area contributed by atoms with Crippen LogP contribution in [0.4, 0.5) is 0 Å². The lowest BCUT2D eigenvalue weighted by molar-refractivity contribution is -0.138. The minimum atomic E-state index is -0.467. The fourth-order valence-corrected chi connectivity index (χ4v) is 6.74. The Balaban J connectivity index is 1.00. The molecule has 0 spiro atoms. The van der Waals surface area contributed by atoms with Crippen LogP contribution < -0.4 is 18.9 Å². The molecule has 0 bridgehead atoms. The van der Waals surface area contributed by atoms with Crippen molar-refractivity contribution in [2.24, 2.45) is 0 Å². The number of benzene rings is 4. The molecule has 10 heteroatoms. The van der Waals surface area contributed by atoms with Crippen LogP contribution in [-0.2, 0) is 34.0 Å². The van der Waals surface area contributed by atoms with Gasteiger partial charge in [0.05, 0.1) is 32.7 Å². The fraction of sp³-hybridized carbons (Fsp3) is 0.314. The Morgan fingerprint density at radius 1 is 0.525 bits per heavy atom. The zero-order valence-electron chi connectivity index (χ0n) is 35.2. The number of ether oxygens (including phenoxy) is 7. The van der Waals surface area contributed by atoms with Gasteiger partial charge in [-0.25, -0.2) is 14.4 Å². The number of rotatable bonds is 26. The van der Waals surface area contributed by atoms with E-state index in [2.05, 4.69) is 33.1 Å². The second-order valence-corrected chi connectivity index (χ2v) is 14.9. The van der Waals surface area contributed by atoms with E-state index in [-0.39, 0.29) is 24.1 Å². The van der Waals surface area contributed by atoms with E-state index >= 15 is 0 Å². The van der Waals surface area contributed by atoms with Gasteiger partial charge in [-0.05, 0) is 145 Å². The van der Waals surface area contributed by atoms with Crippen LogP contribution in [0.5, 0.6) is 23.0 Å². The molecule has 0 amide bonds. The molecule has 1 aliphatic carbocycles. The molecule has 0 N–H and O–H groups in total. The summed E-state index contributed by atoms with van der Waals surface area (Å²) < 4.78 is 39.0. The third kappa shape index (κ3) is 14.6. The largest absolute Gasteiger partial charge is 0.494 e. The molecule has 0 radical (unpaired) electrons. The van der Waals surface area contributed by atoms with E-state index in [0.717, 1.165) is 96.2 Å². The SMILES string of the molecule is C=CC(=O)OCCCCCCOc1ccc(C=COCOc2ccc3c(c2)C(C)(C)c2cc(OC(=O)C=Cc4ccc(OCCCCCCOC(=O)C=C)cc4)ccc2-3)cc1. The number of carbonyl (C=O) groups excluding carboxylic acids is 3. The van der Waals surface area contributed by atoms with Crippen molar-refractivity contribution in [1.82, 2.24) is 0 Å². The van der Waals surface area contributed by atoms with E-state index < -0.39 is 5.97 Å². The van der Waals surface area contributed by atoms with Crippen LogP contribution in [0.25, 0.3) is 23.3 Å². The highest BCUT2D eigenvalue weighted by Gasteiger charge is 2.36. The van der Waals surface area contributed by atoms with Gasteiger partial charge in [-0.3, -0.25) is 0 Å². The van der Waals surface area contributed by atoms with Gasteiger partial charge in [-0.2, -0.15) is 0 Å². The van der Waals surface area contributed by atoms with Gasteiger partial charge >= 0.3 is 17.9 Å². The topological polar surface area (TPSA) is 116 Å². The summed E-state index contributed by atoms with van der Waals surface area (Å²) in [4.78, 5) is 34.9. The number of fused-ring (bicyclic) bond motifs is 3. The lowest BCUT2D eigenvalue weighted by Gasteiger charge is -2.22. The second-order valence-electron chi connectivity index (χ2n) is 14.9. The van der Waals surface area contributed by atoms with Gasteiger partial charge in [0.25, 0.3) is 0 Å². The molecule has 0 heterocycles. The van der Waals surface area contributed by atoms with Crippen molar-refractivity contribution in [1.29, 1.82) is 0 Å². The van der Waals surface area contributed by atoms with Crippen LogP contribution in [0, 0.1) is 0 Å². The van der Waals surface area contributed by atoms with E-state index in [1.165, 1.54) is 18.2 Å². The molecule has 0 aliphatic heterocycles. The Morgan fingerprint density at radius 2 is 0.984 bits per heavy atom. The predicted molar refractivity (Wildman–Crippen MR) is 237 cm³/mol. The monoisotopic (exact) mass is 828 g/mol. The van der Waals surface area contributed by atoms with Gasteiger partial charge in [0.2, 0.25) is 6.79 Å². The third-order valence-corrected chi connectivity index (χ3v) is 10.1. The predicted octanol–water partition coefficient (Wildman–Crippen LogP) is 11.0. The lowest BCUT2D eigenvalue weighted by Crippen LogP contribution is -2.15. The zero-order chi connectivity index (χ0) is 43.3. The molecular weight excluding hydrogens is 773 g/mol. The van der Waals surface area contributed by atoms with Crippen LogP contribution in [-0.4, -0.2) is 51.1 Å². The fourth-order valence-electron chi connectivity index (χ4n) is 6.74.